The number of rotatable bonds is 3. The summed E-state index contributed by atoms with van der Waals surface area (Å²) in [5.74, 6) is -2.32. The smallest absolute Gasteiger partial charge is 0.373 e. The molecule has 1 aliphatic carbocycles. The molecule has 1 saturated carbocycles. The Labute approximate surface area is 95.5 Å². The van der Waals surface area contributed by atoms with Gasteiger partial charge in [0.05, 0.1) is 0 Å². The van der Waals surface area contributed by atoms with E-state index in [0.717, 1.165) is 6.08 Å². The second kappa shape index (κ2) is 5.10. The summed E-state index contributed by atoms with van der Waals surface area (Å²) in [4.78, 5) is 43.1. The lowest BCUT2D eigenvalue weighted by molar-refractivity contribution is -0.135. The minimum Gasteiger partial charge on any atom is -0.373 e. The summed E-state index contributed by atoms with van der Waals surface area (Å²) in [7, 11) is 0. The lowest BCUT2D eigenvalue weighted by Crippen LogP contribution is -2.22. The van der Waals surface area contributed by atoms with E-state index < -0.39 is 24.1 Å². The van der Waals surface area contributed by atoms with E-state index in [1.807, 2.05) is 0 Å². The molecule has 0 radical (unpaired) electrons. The standard InChI is InChI=1S/C9H10N2O6/c10-8(14)16-6(12)3-5(4-1-2-4)7(13)17-9(11)15/h3-4H,1-2H2,(H2,10,14)(H2,11,15)/b5-3-. The van der Waals surface area contributed by atoms with E-state index in [4.69, 9.17) is 0 Å². The van der Waals surface area contributed by atoms with Gasteiger partial charge in [0.25, 0.3) is 0 Å². The second-order valence-electron chi connectivity index (χ2n) is 3.32. The molecule has 0 atom stereocenters. The maximum atomic E-state index is 11.3. The number of carbonyl (C=O) groups is 4. The van der Waals surface area contributed by atoms with Crippen molar-refractivity contribution in [3.63, 3.8) is 0 Å². The van der Waals surface area contributed by atoms with Crippen molar-refractivity contribution in [1.82, 2.24) is 0 Å². The van der Waals surface area contributed by atoms with Crippen molar-refractivity contribution in [2.75, 3.05) is 0 Å². The molecule has 8 heteroatoms. The molecular formula is C9H10N2O6. The average Bonchev–Trinajstić information content (AvgIpc) is 2.94. The number of primary amides is 2. The molecular weight excluding hydrogens is 232 g/mol. The fourth-order valence-corrected chi connectivity index (χ4v) is 1.14. The van der Waals surface area contributed by atoms with Crippen LogP contribution in [0.3, 0.4) is 0 Å². The monoisotopic (exact) mass is 242 g/mol. The third kappa shape index (κ3) is 4.33. The van der Waals surface area contributed by atoms with Gasteiger partial charge in [-0.2, -0.15) is 0 Å². The summed E-state index contributed by atoms with van der Waals surface area (Å²) in [6.07, 6.45) is -0.449. The fraction of sp³-hybridized carbons (Fsp3) is 0.333. The summed E-state index contributed by atoms with van der Waals surface area (Å²) in [5.41, 5.74) is 9.22. The molecule has 0 aromatic carbocycles. The molecule has 1 aliphatic rings. The number of hydrogen-bond acceptors (Lipinski definition) is 6. The van der Waals surface area contributed by atoms with Crippen LogP contribution in [0.2, 0.25) is 0 Å². The number of nitrogens with two attached hydrogens (primary N) is 2. The molecule has 92 valence electrons. The van der Waals surface area contributed by atoms with Crippen molar-refractivity contribution in [1.29, 1.82) is 0 Å². The first-order valence-corrected chi connectivity index (χ1v) is 4.64. The van der Waals surface area contributed by atoms with Crippen LogP contribution in [0.1, 0.15) is 12.8 Å². The molecule has 0 aromatic rings. The molecule has 0 spiro atoms. The van der Waals surface area contributed by atoms with Gasteiger partial charge in [0.2, 0.25) is 0 Å². The molecule has 2 amide bonds. The number of ether oxygens (including phenoxy) is 2. The Hall–Kier alpha value is -2.38. The van der Waals surface area contributed by atoms with Gasteiger partial charge in [0.1, 0.15) is 0 Å². The number of esters is 2. The molecule has 0 heterocycles. The van der Waals surface area contributed by atoms with Crippen LogP contribution in [-0.2, 0) is 19.1 Å². The molecule has 0 unspecified atom stereocenters. The van der Waals surface area contributed by atoms with Crippen LogP contribution in [0, 0.1) is 5.92 Å². The van der Waals surface area contributed by atoms with Gasteiger partial charge < -0.3 is 20.9 Å². The van der Waals surface area contributed by atoms with Crippen molar-refractivity contribution in [3.8, 4) is 0 Å². The molecule has 0 aliphatic heterocycles. The normalized spacial score (nSPS) is 14.9. The summed E-state index contributed by atoms with van der Waals surface area (Å²) < 4.78 is 8.14. The summed E-state index contributed by atoms with van der Waals surface area (Å²) in [6, 6.07) is 0. The lowest BCUT2D eigenvalue weighted by atomic mass is 10.1. The summed E-state index contributed by atoms with van der Waals surface area (Å²) in [6.45, 7) is 0. The average molecular weight is 242 g/mol. The first-order chi connectivity index (χ1) is 7.90. The van der Waals surface area contributed by atoms with Crippen molar-refractivity contribution in [2.24, 2.45) is 17.4 Å². The Kier molecular flexibility index (Phi) is 3.81. The van der Waals surface area contributed by atoms with E-state index in [9.17, 15) is 19.2 Å². The van der Waals surface area contributed by atoms with Gasteiger partial charge in [-0.3, -0.25) is 0 Å². The van der Waals surface area contributed by atoms with Crippen LogP contribution in [0.4, 0.5) is 9.59 Å². The van der Waals surface area contributed by atoms with Gasteiger partial charge in [-0.15, -0.1) is 0 Å². The topological polar surface area (TPSA) is 139 Å². The summed E-state index contributed by atoms with van der Waals surface area (Å²) >= 11 is 0. The first kappa shape index (κ1) is 12.7. The SMILES string of the molecule is NC(=O)OC(=O)/C=C(\C(=O)OC(N)=O)C1CC1. The Morgan fingerprint density at radius 2 is 1.53 bits per heavy atom. The zero-order valence-corrected chi connectivity index (χ0v) is 8.67. The number of amides is 2. The van der Waals surface area contributed by atoms with E-state index in [1.54, 1.807) is 0 Å². The van der Waals surface area contributed by atoms with Crippen molar-refractivity contribution < 1.29 is 28.7 Å². The molecule has 8 nitrogen and oxygen atoms in total. The van der Waals surface area contributed by atoms with Gasteiger partial charge in [0.15, 0.2) is 0 Å². The molecule has 4 N–H and O–H groups in total. The van der Waals surface area contributed by atoms with Crippen LogP contribution in [0.25, 0.3) is 0 Å². The quantitative estimate of drug-likeness (QED) is 0.391. The van der Waals surface area contributed by atoms with Crippen molar-refractivity contribution in [2.45, 2.75) is 12.8 Å². The minimum atomic E-state index is -1.29. The predicted octanol–water partition coefficient (Wildman–Crippen LogP) is -0.433. The molecule has 17 heavy (non-hydrogen) atoms. The third-order valence-electron chi connectivity index (χ3n) is 1.92. The van der Waals surface area contributed by atoms with E-state index in [2.05, 4.69) is 20.9 Å². The molecule has 0 bridgehead atoms. The van der Waals surface area contributed by atoms with Gasteiger partial charge in [-0.1, -0.05) is 0 Å². The van der Waals surface area contributed by atoms with Gasteiger partial charge in [0, 0.05) is 11.6 Å². The van der Waals surface area contributed by atoms with Gasteiger partial charge >= 0.3 is 24.1 Å². The second-order valence-corrected chi connectivity index (χ2v) is 3.32. The highest BCUT2D eigenvalue weighted by molar-refractivity contribution is 6.02. The Balaban J connectivity index is 2.74. The van der Waals surface area contributed by atoms with Crippen molar-refractivity contribution in [3.05, 3.63) is 11.6 Å². The number of hydrogen-bond donors (Lipinski definition) is 2. The van der Waals surface area contributed by atoms with E-state index in [1.165, 1.54) is 0 Å². The Morgan fingerprint density at radius 1 is 1.00 bits per heavy atom. The Bertz CT molecular complexity index is 410. The zero-order valence-electron chi connectivity index (χ0n) is 8.67. The Morgan fingerprint density at radius 3 is 1.94 bits per heavy atom. The highest BCUT2D eigenvalue weighted by Gasteiger charge is 2.33. The van der Waals surface area contributed by atoms with Crippen LogP contribution in [-0.4, -0.2) is 24.1 Å². The lowest BCUT2D eigenvalue weighted by Gasteiger charge is -2.03. The highest BCUT2D eigenvalue weighted by atomic mass is 16.6. The van der Waals surface area contributed by atoms with Crippen molar-refractivity contribution >= 4 is 24.1 Å². The van der Waals surface area contributed by atoms with Gasteiger partial charge in [-0.25, -0.2) is 19.2 Å². The van der Waals surface area contributed by atoms with E-state index >= 15 is 0 Å². The third-order valence-corrected chi connectivity index (χ3v) is 1.92. The predicted molar refractivity (Wildman–Crippen MR) is 52.2 cm³/mol. The highest BCUT2D eigenvalue weighted by Crippen LogP contribution is 2.37. The van der Waals surface area contributed by atoms with Crippen LogP contribution in [0.5, 0.6) is 0 Å². The zero-order chi connectivity index (χ0) is 13.0. The maximum absolute atomic E-state index is 11.3. The molecule has 0 saturated heterocycles. The van der Waals surface area contributed by atoms with Crippen LogP contribution < -0.4 is 11.5 Å². The van der Waals surface area contributed by atoms with Gasteiger partial charge in [-0.05, 0) is 18.8 Å². The number of carbonyl (C=O) groups excluding carboxylic acids is 4. The van der Waals surface area contributed by atoms with E-state index in [-0.39, 0.29) is 11.5 Å². The van der Waals surface area contributed by atoms with Crippen LogP contribution in [0.15, 0.2) is 11.6 Å². The first-order valence-electron chi connectivity index (χ1n) is 4.64. The minimum absolute atomic E-state index is 0.0601. The fourth-order valence-electron chi connectivity index (χ4n) is 1.14. The van der Waals surface area contributed by atoms with Crippen LogP contribution >= 0.6 is 0 Å². The largest absolute Gasteiger partial charge is 0.412 e. The summed E-state index contributed by atoms with van der Waals surface area (Å²) in [5, 5.41) is 0. The van der Waals surface area contributed by atoms with E-state index in [0.29, 0.717) is 12.8 Å². The maximum Gasteiger partial charge on any atom is 0.412 e. The molecule has 1 rings (SSSR count). The molecule has 1 fully saturated rings. The molecule has 0 aromatic heterocycles.